The van der Waals surface area contributed by atoms with Gasteiger partial charge in [-0.3, -0.25) is 19.8 Å². The average Bonchev–Trinajstić information content (AvgIpc) is 3.18. The molecule has 0 spiro atoms. The van der Waals surface area contributed by atoms with E-state index < -0.39 is 31.3 Å². The van der Waals surface area contributed by atoms with Crippen LogP contribution >= 0.6 is 11.8 Å². The second-order valence-corrected chi connectivity index (χ2v) is 16.1. The number of benzene rings is 1. The van der Waals surface area contributed by atoms with Crippen molar-refractivity contribution >= 4 is 43.8 Å². The largest absolute Gasteiger partial charge is 0.445 e. The zero-order valence-corrected chi connectivity index (χ0v) is 23.5. The molecule has 0 unspecified atom stereocenters. The lowest BCUT2D eigenvalue weighted by Gasteiger charge is -2.38. The van der Waals surface area contributed by atoms with Gasteiger partial charge in [-0.25, -0.2) is 9.59 Å². The monoisotopic (exact) mass is 540 g/mol. The van der Waals surface area contributed by atoms with E-state index in [1.165, 1.54) is 30.9 Å². The third-order valence-corrected chi connectivity index (χ3v) is 12.2. The van der Waals surface area contributed by atoms with Crippen molar-refractivity contribution in [3.8, 4) is 0 Å². The number of rotatable bonds is 9. The van der Waals surface area contributed by atoms with Gasteiger partial charge in [-0.1, -0.05) is 20.8 Å². The third-order valence-electron chi connectivity index (χ3n) is 6.63. The van der Waals surface area contributed by atoms with Crippen LogP contribution in [-0.2, 0) is 20.6 Å². The van der Waals surface area contributed by atoms with Gasteiger partial charge in [0.15, 0.2) is 8.32 Å². The van der Waals surface area contributed by atoms with Gasteiger partial charge >= 0.3 is 12.1 Å². The van der Waals surface area contributed by atoms with Gasteiger partial charge in [0.05, 0.1) is 16.8 Å². The average molecular weight is 541 g/mol. The van der Waals surface area contributed by atoms with Crippen molar-refractivity contribution < 1.29 is 28.5 Å². The summed E-state index contributed by atoms with van der Waals surface area (Å²) in [5.41, 5.74) is 5.74. The van der Waals surface area contributed by atoms with E-state index in [9.17, 15) is 24.5 Å². The van der Waals surface area contributed by atoms with Crippen molar-refractivity contribution in [2.24, 2.45) is 5.73 Å². The number of thioether (sulfide) groups is 1. The minimum Gasteiger partial charge on any atom is -0.445 e. The van der Waals surface area contributed by atoms with Gasteiger partial charge in [0.2, 0.25) is 5.91 Å². The molecule has 0 bridgehead atoms. The van der Waals surface area contributed by atoms with Crippen molar-refractivity contribution in [3.63, 3.8) is 0 Å². The van der Waals surface area contributed by atoms with Gasteiger partial charge in [0.25, 0.3) is 5.69 Å². The van der Waals surface area contributed by atoms with Crippen LogP contribution in [0.1, 0.15) is 32.8 Å². The number of hydrogen-bond donors (Lipinski definition) is 1. The Bertz CT molecular complexity index is 968. The molecule has 2 atom stereocenters. The number of nitro benzene ring substituents is 1. The van der Waals surface area contributed by atoms with Crippen LogP contribution in [0.4, 0.5) is 15.3 Å². The summed E-state index contributed by atoms with van der Waals surface area (Å²) in [5.74, 6) is 0.101. The summed E-state index contributed by atoms with van der Waals surface area (Å²) < 4.78 is 12.1. The number of imide groups is 1. The molecule has 1 aliphatic heterocycles. The normalized spacial score (nSPS) is 18.1. The predicted octanol–water partition coefficient (Wildman–Crippen LogP) is 3.97. The lowest BCUT2D eigenvalue weighted by molar-refractivity contribution is -0.384. The highest BCUT2D eigenvalue weighted by molar-refractivity contribution is 8.00. The van der Waals surface area contributed by atoms with Crippen LogP contribution in [-0.4, -0.2) is 78.3 Å². The molecule has 1 aromatic rings. The minimum absolute atomic E-state index is 0.00681. The maximum Gasteiger partial charge on any atom is 0.410 e. The number of ether oxygens (including phenoxy) is 1. The Hall–Kier alpha value is -2.64. The molecule has 36 heavy (non-hydrogen) atoms. The summed E-state index contributed by atoms with van der Waals surface area (Å²) in [7, 11) is -0.754. The lowest BCUT2D eigenvalue weighted by Crippen LogP contribution is -2.44. The number of urea groups is 1. The summed E-state index contributed by atoms with van der Waals surface area (Å²) in [6.07, 6.45) is -0.0697. The summed E-state index contributed by atoms with van der Waals surface area (Å²) in [5, 5.41) is 10.8. The van der Waals surface area contributed by atoms with Crippen LogP contribution in [0.25, 0.3) is 0 Å². The van der Waals surface area contributed by atoms with E-state index in [1.54, 1.807) is 17.0 Å². The highest BCUT2D eigenvalue weighted by atomic mass is 32.2. The number of carbonyl (C=O) groups excluding carboxylic acids is 3. The molecule has 2 rings (SSSR count). The molecule has 0 radical (unpaired) electrons. The maximum absolute atomic E-state index is 13.0. The first kappa shape index (κ1) is 29.6. The second-order valence-electron chi connectivity index (χ2n) is 10.3. The summed E-state index contributed by atoms with van der Waals surface area (Å²) >= 11 is 1.31. The van der Waals surface area contributed by atoms with E-state index in [1.807, 2.05) is 0 Å². The minimum atomic E-state index is -2.08. The predicted molar refractivity (Wildman–Crippen MR) is 140 cm³/mol. The van der Waals surface area contributed by atoms with Crippen LogP contribution < -0.4 is 5.73 Å². The fourth-order valence-corrected chi connectivity index (χ4v) is 5.81. The zero-order valence-electron chi connectivity index (χ0n) is 21.7. The molecular formula is C23H36N4O7SSi. The topological polar surface area (TPSA) is 145 Å². The van der Waals surface area contributed by atoms with Crippen molar-refractivity contribution in [1.82, 2.24) is 9.80 Å². The third kappa shape index (κ3) is 7.93. The van der Waals surface area contributed by atoms with Crippen LogP contribution in [0.3, 0.4) is 0 Å². The first-order valence-electron chi connectivity index (χ1n) is 11.6. The summed E-state index contributed by atoms with van der Waals surface area (Å²) in [6.45, 7) is 11.1. The number of likely N-dealkylation sites (tertiary alicyclic amines) is 1. The van der Waals surface area contributed by atoms with Gasteiger partial charge in [-0.2, -0.15) is 0 Å². The Morgan fingerprint density at radius 1 is 1.25 bits per heavy atom. The van der Waals surface area contributed by atoms with Crippen LogP contribution in [0, 0.1) is 10.1 Å². The molecule has 0 aromatic heterocycles. The van der Waals surface area contributed by atoms with Crippen LogP contribution in [0.2, 0.25) is 18.1 Å². The van der Waals surface area contributed by atoms with Gasteiger partial charge in [0, 0.05) is 37.5 Å². The van der Waals surface area contributed by atoms with Crippen molar-refractivity contribution in [2.45, 2.75) is 64.1 Å². The second kappa shape index (κ2) is 12.1. The quantitative estimate of drug-likeness (QED) is 0.281. The van der Waals surface area contributed by atoms with E-state index in [0.29, 0.717) is 24.3 Å². The molecule has 11 nitrogen and oxygen atoms in total. The van der Waals surface area contributed by atoms with Crippen molar-refractivity contribution in [2.75, 3.05) is 25.1 Å². The van der Waals surface area contributed by atoms with Crippen molar-refractivity contribution in [1.29, 1.82) is 0 Å². The Morgan fingerprint density at radius 3 is 2.39 bits per heavy atom. The molecular weight excluding hydrogens is 504 g/mol. The molecule has 1 fully saturated rings. The zero-order chi connectivity index (χ0) is 27.3. The van der Waals surface area contributed by atoms with Gasteiger partial charge in [-0.05, 0) is 42.2 Å². The molecule has 1 heterocycles. The van der Waals surface area contributed by atoms with Crippen molar-refractivity contribution in [3.05, 3.63) is 39.9 Å². The number of nitro groups is 1. The van der Waals surface area contributed by atoms with Gasteiger partial charge < -0.3 is 19.8 Å². The number of nitrogens with two attached hydrogens (primary N) is 1. The molecule has 1 saturated heterocycles. The van der Waals surface area contributed by atoms with Gasteiger partial charge in [0.1, 0.15) is 6.61 Å². The summed E-state index contributed by atoms with van der Waals surface area (Å²) in [6, 6.07) is 4.78. The Morgan fingerprint density at radius 2 is 1.86 bits per heavy atom. The standard InChI is InChI=1S/C23H36N4O7SSi/c1-23(2,3)36(5,6)34-19-11-18(14-35-15-20(28)25(4)21(24)29)26(12-19)22(30)33-13-16-7-9-17(10-8-16)27(31)32/h7-10,18-19H,11-15H2,1-6H3,(H2,24,29)/t18-,19-/m0/s1. The van der Waals surface area contributed by atoms with Crippen LogP contribution in [0.5, 0.6) is 0 Å². The first-order chi connectivity index (χ1) is 16.6. The molecule has 1 aromatic carbocycles. The number of hydrogen-bond acceptors (Lipinski definition) is 8. The number of non-ortho nitro benzene ring substituents is 1. The van der Waals surface area contributed by atoms with E-state index in [0.717, 1.165) is 4.90 Å². The molecule has 0 aliphatic carbocycles. The molecule has 1 aliphatic rings. The molecule has 13 heteroatoms. The Kier molecular flexibility index (Phi) is 9.91. The number of primary amides is 1. The fourth-order valence-electron chi connectivity index (χ4n) is 3.38. The SMILES string of the molecule is CN(C(N)=O)C(=O)CSC[C@@H]1C[C@H](O[Si](C)(C)C(C)(C)C)CN1C(=O)OCc1ccc([N+](=O)[O-])cc1. The van der Waals surface area contributed by atoms with E-state index in [-0.39, 0.29) is 35.2 Å². The number of carbonyl (C=O) groups is 3. The van der Waals surface area contributed by atoms with Crippen LogP contribution in [0.15, 0.2) is 24.3 Å². The lowest BCUT2D eigenvalue weighted by atomic mass is 10.2. The number of amides is 4. The summed E-state index contributed by atoms with van der Waals surface area (Å²) in [4.78, 5) is 49.1. The molecule has 200 valence electrons. The molecule has 2 N–H and O–H groups in total. The smallest absolute Gasteiger partial charge is 0.410 e. The fraction of sp³-hybridized carbons (Fsp3) is 0.609. The highest BCUT2D eigenvalue weighted by Gasteiger charge is 2.44. The maximum atomic E-state index is 13.0. The van der Waals surface area contributed by atoms with E-state index >= 15 is 0 Å². The first-order valence-corrected chi connectivity index (χ1v) is 15.7. The van der Waals surface area contributed by atoms with Gasteiger partial charge in [-0.15, -0.1) is 11.8 Å². The van der Waals surface area contributed by atoms with E-state index in [2.05, 4.69) is 33.9 Å². The van der Waals surface area contributed by atoms with E-state index in [4.69, 9.17) is 14.9 Å². The highest BCUT2D eigenvalue weighted by Crippen LogP contribution is 2.39. The molecule has 0 saturated carbocycles. The number of nitrogens with zero attached hydrogens (tertiary/aromatic N) is 3. The Balaban J connectivity index is 2.06. The Labute approximate surface area is 216 Å². The molecule has 4 amide bonds.